The topological polar surface area (TPSA) is 38.0 Å². The molecule has 1 atom stereocenters. The summed E-state index contributed by atoms with van der Waals surface area (Å²) < 4.78 is 26.6. The van der Waals surface area contributed by atoms with Crippen molar-refractivity contribution in [2.45, 2.75) is 5.92 Å². The second-order valence-electron chi connectivity index (χ2n) is 3.13. The number of hydrogen-bond acceptors (Lipinski definition) is 2. The third-order valence-electron chi connectivity index (χ3n) is 2.14. The van der Waals surface area contributed by atoms with Gasteiger partial charge in [0.25, 0.3) is 0 Å². The van der Waals surface area contributed by atoms with Gasteiger partial charge >= 0.3 is 0 Å². The minimum atomic E-state index is -0.532. The Bertz CT molecular complexity index is 282. The van der Waals surface area contributed by atoms with Gasteiger partial charge in [0.1, 0.15) is 11.6 Å². The van der Waals surface area contributed by atoms with E-state index in [4.69, 9.17) is 5.73 Å². The van der Waals surface area contributed by atoms with E-state index in [1.807, 2.05) is 0 Å². The summed E-state index contributed by atoms with van der Waals surface area (Å²) in [6.45, 7) is 0.688. The van der Waals surface area contributed by atoms with Gasteiger partial charge in [-0.05, 0) is 19.2 Å². The van der Waals surface area contributed by atoms with Crippen molar-refractivity contribution in [2.75, 3.05) is 20.1 Å². The normalized spacial score (nSPS) is 12.9. The van der Waals surface area contributed by atoms with Gasteiger partial charge in [0.2, 0.25) is 0 Å². The number of halogens is 2. The minimum absolute atomic E-state index is 0.0735. The number of hydrogen-bond donors (Lipinski definition) is 2. The molecule has 0 fully saturated rings. The fourth-order valence-corrected chi connectivity index (χ4v) is 1.45. The molecule has 0 aliphatic heterocycles. The first-order valence-corrected chi connectivity index (χ1v) is 4.49. The van der Waals surface area contributed by atoms with Crippen molar-refractivity contribution < 1.29 is 8.78 Å². The molecule has 0 heterocycles. The van der Waals surface area contributed by atoms with Crippen molar-refractivity contribution in [2.24, 2.45) is 5.73 Å². The zero-order chi connectivity index (χ0) is 10.6. The summed E-state index contributed by atoms with van der Waals surface area (Å²) in [6.07, 6.45) is 0. The predicted octanol–water partition coefficient (Wildman–Crippen LogP) is 1.23. The largest absolute Gasteiger partial charge is 0.330 e. The van der Waals surface area contributed by atoms with E-state index >= 15 is 0 Å². The van der Waals surface area contributed by atoms with Gasteiger partial charge in [0.05, 0.1) is 0 Å². The lowest BCUT2D eigenvalue weighted by atomic mass is 9.98. The van der Waals surface area contributed by atoms with E-state index in [-0.39, 0.29) is 18.0 Å². The van der Waals surface area contributed by atoms with E-state index in [2.05, 4.69) is 5.32 Å². The first-order valence-electron chi connectivity index (χ1n) is 4.49. The van der Waals surface area contributed by atoms with Crippen LogP contribution < -0.4 is 11.1 Å². The quantitative estimate of drug-likeness (QED) is 0.767. The van der Waals surface area contributed by atoms with Crippen LogP contribution in [0, 0.1) is 11.6 Å². The Morgan fingerprint density at radius 2 is 1.93 bits per heavy atom. The number of rotatable bonds is 4. The zero-order valence-corrected chi connectivity index (χ0v) is 8.06. The van der Waals surface area contributed by atoms with Crippen LogP contribution in [0.4, 0.5) is 8.78 Å². The van der Waals surface area contributed by atoms with Crippen LogP contribution in [-0.2, 0) is 0 Å². The highest BCUT2D eigenvalue weighted by Gasteiger charge is 2.17. The second-order valence-corrected chi connectivity index (χ2v) is 3.13. The Kier molecular flexibility index (Phi) is 3.98. The van der Waals surface area contributed by atoms with Gasteiger partial charge in [-0.15, -0.1) is 0 Å². The second kappa shape index (κ2) is 5.02. The Balaban J connectivity index is 3.02. The Morgan fingerprint density at radius 3 is 2.36 bits per heavy atom. The molecule has 0 aliphatic rings. The van der Waals surface area contributed by atoms with Crippen molar-refractivity contribution in [3.05, 3.63) is 35.4 Å². The van der Waals surface area contributed by atoms with Crippen molar-refractivity contribution >= 4 is 0 Å². The molecule has 1 unspecified atom stereocenters. The van der Waals surface area contributed by atoms with Gasteiger partial charge in [-0.25, -0.2) is 8.78 Å². The van der Waals surface area contributed by atoms with Crippen molar-refractivity contribution in [1.82, 2.24) is 5.32 Å². The maximum Gasteiger partial charge on any atom is 0.129 e. The fourth-order valence-electron chi connectivity index (χ4n) is 1.45. The molecule has 2 nitrogen and oxygen atoms in total. The van der Waals surface area contributed by atoms with E-state index in [0.29, 0.717) is 6.54 Å². The van der Waals surface area contributed by atoms with Crippen LogP contribution >= 0.6 is 0 Å². The summed E-state index contributed by atoms with van der Waals surface area (Å²) >= 11 is 0. The standard InChI is InChI=1S/C10H14F2N2/c1-14-6-7(5-13)10-8(11)3-2-4-9(10)12/h2-4,7,14H,5-6,13H2,1H3. The van der Waals surface area contributed by atoms with Crippen molar-refractivity contribution in [1.29, 1.82) is 0 Å². The van der Waals surface area contributed by atoms with E-state index in [9.17, 15) is 8.78 Å². The van der Waals surface area contributed by atoms with Crippen LogP contribution in [0.3, 0.4) is 0 Å². The number of benzene rings is 1. The number of nitrogens with one attached hydrogen (secondary N) is 1. The molecular weight excluding hydrogens is 186 g/mol. The lowest BCUT2D eigenvalue weighted by Gasteiger charge is -2.15. The van der Waals surface area contributed by atoms with Gasteiger partial charge in [-0.1, -0.05) is 6.07 Å². The van der Waals surface area contributed by atoms with Gasteiger partial charge < -0.3 is 11.1 Å². The molecule has 0 saturated carbocycles. The number of nitrogens with two attached hydrogens (primary N) is 1. The molecule has 0 radical (unpaired) electrons. The Morgan fingerprint density at radius 1 is 1.36 bits per heavy atom. The highest BCUT2D eigenvalue weighted by atomic mass is 19.1. The number of likely N-dealkylation sites (N-methyl/N-ethyl adjacent to an activating group) is 1. The summed E-state index contributed by atoms with van der Waals surface area (Å²) in [4.78, 5) is 0. The smallest absolute Gasteiger partial charge is 0.129 e. The SMILES string of the molecule is CNCC(CN)c1c(F)cccc1F. The summed E-state index contributed by atoms with van der Waals surface area (Å²) in [7, 11) is 1.72. The molecule has 0 aliphatic carbocycles. The Hall–Kier alpha value is -1.00. The average molecular weight is 200 g/mol. The molecule has 0 aromatic heterocycles. The monoisotopic (exact) mass is 200 g/mol. The molecule has 0 saturated heterocycles. The Labute approximate surface area is 82.1 Å². The molecule has 14 heavy (non-hydrogen) atoms. The highest BCUT2D eigenvalue weighted by molar-refractivity contribution is 5.24. The molecule has 0 amide bonds. The zero-order valence-electron chi connectivity index (χ0n) is 8.06. The maximum absolute atomic E-state index is 13.3. The van der Waals surface area contributed by atoms with Crippen LogP contribution in [0.5, 0.6) is 0 Å². The summed E-state index contributed by atoms with van der Waals surface area (Å²) in [6, 6.07) is 3.84. The average Bonchev–Trinajstić information content (AvgIpc) is 2.16. The van der Waals surface area contributed by atoms with Gasteiger partial charge in [0, 0.05) is 24.6 Å². The summed E-state index contributed by atoms with van der Waals surface area (Å²) in [5, 5.41) is 2.86. The molecule has 3 N–H and O–H groups in total. The molecular formula is C10H14F2N2. The van der Waals surface area contributed by atoms with E-state index in [1.54, 1.807) is 7.05 Å². The van der Waals surface area contributed by atoms with Crippen LogP contribution in [0.1, 0.15) is 11.5 Å². The van der Waals surface area contributed by atoms with Crippen molar-refractivity contribution in [3.8, 4) is 0 Å². The molecule has 1 aromatic carbocycles. The lowest BCUT2D eigenvalue weighted by Crippen LogP contribution is -2.25. The molecule has 1 aromatic rings. The van der Waals surface area contributed by atoms with Gasteiger partial charge in [0.15, 0.2) is 0 Å². The van der Waals surface area contributed by atoms with Crippen LogP contribution in [0.2, 0.25) is 0 Å². The molecule has 4 heteroatoms. The molecule has 1 rings (SSSR count). The highest BCUT2D eigenvalue weighted by Crippen LogP contribution is 2.21. The van der Waals surface area contributed by atoms with Crippen LogP contribution in [0.25, 0.3) is 0 Å². The van der Waals surface area contributed by atoms with Gasteiger partial charge in [-0.2, -0.15) is 0 Å². The first-order chi connectivity index (χ1) is 6.70. The lowest BCUT2D eigenvalue weighted by molar-refractivity contribution is 0.513. The fraction of sp³-hybridized carbons (Fsp3) is 0.400. The van der Waals surface area contributed by atoms with Crippen LogP contribution in [0.15, 0.2) is 18.2 Å². The maximum atomic E-state index is 13.3. The predicted molar refractivity (Wildman–Crippen MR) is 52.1 cm³/mol. The van der Waals surface area contributed by atoms with Gasteiger partial charge in [-0.3, -0.25) is 0 Å². The molecule has 0 bridgehead atoms. The molecule has 0 spiro atoms. The van der Waals surface area contributed by atoms with Crippen molar-refractivity contribution in [3.63, 3.8) is 0 Å². The molecule has 78 valence electrons. The third-order valence-corrected chi connectivity index (χ3v) is 2.14. The first kappa shape index (κ1) is 11.1. The van der Waals surface area contributed by atoms with E-state index in [1.165, 1.54) is 18.2 Å². The van der Waals surface area contributed by atoms with E-state index < -0.39 is 11.6 Å². The summed E-state index contributed by atoms with van der Waals surface area (Å²) in [5.41, 5.74) is 5.53. The van der Waals surface area contributed by atoms with E-state index in [0.717, 1.165) is 0 Å². The third kappa shape index (κ3) is 2.27. The van der Waals surface area contributed by atoms with Crippen LogP contribution in [-0.4, -0.2) is 20.1 Å². The summed E-state index contributed by atoms with van der Waals surface area (Å²) in [5.74, 6) is -1.38. The minimum Gasteiger partial charge on any atom is -0.330 e.